The second-order valence-corrected chi connectivity index (χ2v) is 29.7. The van der Waals surface area contributed by atoms with E-state index in [0.717, 1.165) is 0 Å². The van der Waals surface area contributed by atoms with Crippen LogP contribution in [0.4, 0.5) is 0 Å². The topological polar surface area (TPSA) is 52.0 Å². The van der Waals surface area contributed by atoms with E-state index in [1.807, 2.05) is 0 Å². The Balaban J connectivity index is 3.53. The van der Waals surface area contributed by atoms with E-state index in [2.05, 4.69) is 19.7 Å². The fraction of sp³-hybridized carbons (Fsp3) is 0. The van der Waals surface area contributed by atoms with Crippen molar-refractivity contribution in [3.05, 3.63) is 0 Å². The van der Waals surface area contributed by atoms with E-state index in [0.29, 0.717) is 8.64 Å². The van der Waals surface area contributed by atoms with Crippen molar-refractivity contribution in [1.29, 1.82) is 0 Å². The summed E-state index contributed by atoms with van der Waals surface area (Å²) in [6.45, 7) is 0. The molecule has 0 unspecified atom stereocenters. The van der Waals surface area contributed by atoms with E-state index in [-0.39, 0.29) is 0 Å². The van der Waals surface area contributed by atoms with Gasteiger partial charge in [0.05, 0.1) is 0 Å². The molecule has 8 heteroatoms. The third-order valence-electron chi connectivity index (χ3n) is 0.418. The zero-order valence-corrected chi connectivity index (χ0v) is 12.6. The quantitative estimate of drug-likeness (QED) is 0.428. The van der Waals surface area contributed by atoms with Crippen molar-refractivity contribution < 1.29 is 0 Å². The Bertz CT molecular complexity index is 136. The van der Waals surface area contributed by atoms with Crippen LogP contribution in [0.25, 0.3) is 0 Å². The summed E-state index contributed by atoms with van der Waals surface area (Å²) in [5, 5.41) is 0. The van der Waals surface area contributed by atoms with Gasteiger partial charge in [0.15, 0.2) is 0 Å². The monoisotopic (exact) mass is 380 g/mol. The summed E-state index contributed by atoms with van der Waals surface area (Å²) in [6, 6.07) is 0. The summed E-state index contributed by atoms with van der Waals surface area (Å²) >= 11 is 11.8. The number of hydrogen-bond acceptors (Lipinski definition) is 4. The fourth-order valence-corrected chi connectivity index (χ4v) is 26.0. The average Bonchev–Trinajstić information content (AvgIpc) is 1.58. The summed E-state index contributed by atoms with van der Waals surface area (Å²) in [5.41, 5.74) is 10.6. The zero-order valence-electron chi connectivity index (χ0n) is 4.74. The molecule has 0 aromatic rings. The molecule has 10 heavy (non-hydrogen) atoms. The maximum absolute atomic E-state index is 5.31. The molecular formula is C2H4GaIN2S4. The molecule has 0 aliphatic rings. The minimum atomic E-state index is -1.48. The SMILES string of the molecule is NC(=S)[S][Ga]([I])[S]C(N)=S. The van der Waals surface area contributed by atoms with E-state index in [1.165, 1.54) is 0 Å². The van der Waals surface area contributed by atoms with Gasteiger partial charge in [0.2, 0.25) is 0 Å². The molecule has 2 nitrogen and oxygen atoms in total. The van der Waals surface area contributed by atoms with Gasteiger partial charge in [-0.1, -0.05) is 0 Å². The maximum atomic E-state index is 5.31. The molecule has 0 saturated carbocycles. The normalized spacial score (nSPS) is 8.90. The number of rotatable bonds is 2. The molecular weight excluding hydrogens is 377 g/mol. The van der Waals surface area contributed by atoms with Crippen LogP contribution < -0.4 is 11.5 Å². The Labute approximate surface area is 92.4 Å². The van der Waals surface area contributed by atoms with Crippen LogP contribution in [0.3, 0.4) is 0 Å². The molecule has 0 saturated heterocycles. The third-order valence-corrected chi connectivity index (χ3v) is 20.4. The first-order valence-corrected chi connectivity index (χ1v) is 18.0. The van der Waals surface area contributed by atoms with Crippen LogP contribution >= 0.6 is 63.5 Å². The van der Waals surface area contributed by atoms with Crippen LogP contribution in [-0.4, -0.2) is 18.9 Å². The van der Waals surface area contributed by atoms with Crippen LogP contribution in [0, 0.1) is 0 Å². The standard InChI is InChI=1S/2CH3NS2.Ga.HI/c2*2-1(3)4;;/h2*(H3,2,3,4);;1H/q;;+3;/p-3. The number of thiocarbonyl (C=S) groups is 2. The summed E-state index contributed by atoms with van der Waals surface area (Å²) in [5.74, 6) is 0. The molecule has 0 aromatic carbocycles. The van der Waals surface area contributed by atoms with Crippen molar-refractivity contribution in [2.75, 3.05) is 0 Å². The van der Waals surface area contributed by atoms with Gasteiger partial charge >= 0.3 is 93.8 Å². The van der Waals surface area contributed by atoms with E-state index in [4.69, 9.17) is 35.9 Å². The molecule has 0 aliphatic carbocycles. The van der Waals surface area contributed by atoms with Gasteiger partial charge in [-0.15, -0.1) is 0 Å². The van der Waals surface area contributed by atoms with Crippen LogP contribution in [0.2, 0.25) is 0 Å². The van der Waals surface area contributed by atoms with E-state index >= 15 is 0 Å². The van der Waals surface area contributed by atoms with Gasteiger partial charge in [-0.25, -0.2) is 0 Å². The fourth-order valence-electron chi connectivity index (χ4n) is 0.207. The first kappa shape index (κ1) is 11.8. The molecule has 0 rings (SSSR count). The van der Waals surface area contributed by atoms with Crippen LogP contribution in [0.15, 0.2) is 0 Å². The number of halogens is 1. The number of hydrogen-bond donors (Lipinski definition) is 2. The van der Waals surface area contributed by atoms with Crippen molar-refractivity contribution >= 4 is 82.4 Å². The minimum absolute atomic E-state index is 0.503. The van der Waals surface area contributed by atoms with Crippen molar-refractivity contribution in [3.8, 4) is 0 Å². The van der Waals surface area contributed by atoms with Crippen molar-refractivity contribution in [2.24, 2.45) is 11.5 Å². The molecule has 0 spiro atoms. The second-order valence-electron chi connectivity index (χ2n) is 1.15. The predicted octanol–water partition coefficient (Wildman–Crippen LogP) is 1.36. The molecule has 0 aliphatic heterocycles. The summed E-state index contributed by atoms with van der Waals surface area (Å²) in [4.78, 5) is 0. The number of nitrogens with two attached hydrogens (primary N) is 2. The van der Waals surface area contributed by atoms with E-state index < -0.39 is 10.2 Å². The Hall–Kier alpha value is 1.85. The van der Waals surface area contributed by atoms with E-state index in [9.17, 15) is 0 Å². The third kappa shape index (κ3) is 7.95. The van der Waals surface area contributed by atoms with Gasteiger partial charge in [-0.05, 0) is 0 Å². The van der Waals surface area contributed by atoms with Gasteiger partial charge in [0.1, 0.15) is 0 Å². The van der Waals surface area contributed by atoms with Gasteiger partial charge < -0.3 is 0 Å². The van der Waals surface area contributed by atoms with Gasteiger partial charge in [-0.2, -0.15) is 0 Å². The Morgan fingerprint density at radius 2 is 1.50 bits per heavy atom. The van der Waals surface area contributed by atoms with Crippen molar-refractivity contribution in [2.45, 2.75) is 0 Å². The van der Waals surface area contributed by atoms with Crippen molar-refractivity contribution in [3.63, 3.8) is 0 Å². The summed E-state index contributed by atoms with van der Waals surface area (Å²) < 4.78 is 1.01. The van der Waals surface area contributed by atoms with Crippen LogP contribution in [-0.2, 0) is 0 Å². The molecule has 0 heterocycles. The van der Waals surface area contributed by atoms with Crippen molar-refractivity contribution in [1.82, 2.24) is 0 Å². The Morgan fingerprint density at radius 3 is 1.70 bits per heavy atom. The molecule has 0 atom stereocenters. The molecule has 0 radical (unpaired) electrons. The van der Waals surface area contributed by atoms with Gasteiger partial charge in [0, 0.05) is 0 Å². The molecule has 56 valence electrons. The summed E-state index contributed by atoms with van der Waals surface area (Å²) in [6.07, 6.45) is 0. The first-order valence-electron chi connectivity index (χ1n) is 2.08. The summed E-state index contributed by atoms with van der Waals surface area (Å²) in [7, 11) is 1.64. The predicted molar refractivity (Wildman–Crippen MR) is 68.5 cm³/mol. The molecule has 0 fully saturated rings. The molecule has 4 N–H and O–H groups in total. The molecule has 0 bridgehead atoms. The van der Waals surface area contributed by atoms with Gasteiger partial charge in [-0.3, -0.25) is 0 Å². The molecule has 0 amide bonds. The Kier molecular flexibility index (Phi) is 7.55. The van der Waals surface area contributed by atoms with Gasteiger partial charge in [0.25, 0.3) is 0 Å². The van der Waals surface area contributed by atoms with Crippen LogP contribution in [0.1, 0.15) is 0 Å². The molecule has 0 aromatic heterocycles. The van der Waals surface area contributed by atoms with E-state index in [1.54, 1.807) is 19.4 Å². The average molecular weight is 381 g/mol. The zero-order chi connectivity index (χ0) is 8.15. The second kappa shape index (κ2) is 6.37. The van der Waals surface area contributed by atoms with Crippen LogP contribution in [0.5, 0.6) is 0 Å². The first-order chi connectivity index (χ1) is 4.52. The Morgan fingerprint density at radius 1 is 1.20 bits per heavy atom.